The van der Waals surface area contributed by atoms with E-state index in [1.165, 1.54) is 29.5 Å². The number of thiophene rings is 1. The molecule has 3 rings (SSSR count). The van der Waals surface area contributed by atoms with E-state index < -0.39 is 34.4 Å². The molecule has 2 N–H and O–H groups in total. The number of carboxylic acids is 1. The minimum Gasteiger partial charge on any atom is -0.480 e. The minimum absolute atomic E-state index is 0.0488. The number of nitrogens with zero attached hydrogens (tertiary/aromatic N) is 1. The van der Waals surface area contributed by atoms with Crippen LogP contribution in [-0.2, 0) is 24.8 Å². The minimum atomic E-state index is -3.77. The highest BCUT2D eigenvalue weighted by Gasteiger charge is 2.36. The molecular weight excluding hydrogens is 396 g/mol. The molecule has 27 heavy (non-hydrogen) atoms. The molecule has 1 aliphatic heterocycles. The molecule has 0 bridgehead atoms. The predicted octanol–water partition coefficient (Wildman–Crippen LogP) is 1.34. The van der Waals surface area contributed by atoms with Crippen LogP contribution in [0.4, 0.5) is 5.69 Å². The van der Waals surface area contributed by atoms with Crippen molar-refractivity contribution in [2.45, 2.75) is 5.75 Å². The molecular formula is C16H14N2O7S2. The summed E-state index contributed by atoms with van der Waals surface area (Å²) in [5.41, 5.74) is 0.504. The summed E-state index contributed by atoms with van der Waals surface area (Å²) < 4.78 is 28.7. The number of rotatable bonds is 8. The molecule has 0 saturated carbocycles. The third-order valence-corrected chi connectivity index (χ3v) is 5.88. The van der Waals surface area contributed by atoms with Crippen LogP contribution in [0.2, 0.25) is 0 Å². The standard InChI is InChI=1S/C16H14N2O7S2/c19-14(20)7-18-15(21)12-4-3-10(6-13(12)16(18)22)17-9-25-27(23,24)8-11-2-1-5-26-11/h1-6,17H,7-9H2,(H,19,20). The predicted molar refractivity (Wildman–Crippen MR) is 96.0 cm³/mol. The van der Waals surface area contributed by atoms with E-state index >= 15 is 0 Å². The topological polar surface area (TPSA) is 130 Å². The molecule has 1 aromatic carbocycles. The maximum atomic E-state index is 12.2. The highest BCUT2D eigenvalue weighted by Crippen LogP contribution is 2.25. The Bertz CT molecular complexity index is 1000. The summed E-state index contributed by atoms with van der Waals surface area (Å²) in [6.45, 7) is -1.08. The van der Waals surface area contributed by atoms with E-state index in [-0.39, 0.29) is 23.6 Å². The summed E-state index contributed by atoms with van der Waals surface area (Å²) in [6.07, 6.45) is 0. The quantitative estimate of drug-likeness (QED) is 0.379. The molecule has 142 valence electrons. The molecule has 0 fully saturated rings. The van der Waals surface area contributed by atoms with Crippen LogP contribution in [0, 0.1) is 0 Å². The fourth-order valence-electron chi connectivity index (χ4n) is 2.49. The maximum absolute atomic E-state index is 12.2. The summed E-state index contributed by atoms with van der Waals surface area (Å²) in [6, 6.07) is 7.63. The second-order valence-electron chi connectivity index (χ2n) is 5.57. The van der Waals surface area contributed by atoms with Crippen LogP contribution < -0.4 is 5.32 Å². The van der Waals surface area contributed by atoms with Crippen molar-refractivity contribution in [3.05, 3.63) is 51.7 Å². The average Bonchev–Trinajstić information content (AvgIpc) is 3.17. The zero-order valence-electron chi connectivity index (χ0n) is 13.7. The Morgan fingerprint density at radius 1 is 1.19 bits per heavy atom. The molecule has 1 aromatic heterocycles. The Kier molecular flexibility index (Phi) is 5.26. The lowest BCUT2D eigenvalue weighted by atomic mass is 10.1. The lowest BCUT2D eigenvalue weighted by molar-refractivity contribution is -0.137. The van der Waals surface area contributed by atoms with Crippen molar-refractivity contribution in [2.75, 3.05) is 18.6 Å². The molecule has 0 saturated heterocycles. The van der Waals surface area contributed by atoms with Crippen molar-refractivity contribution in [3.8, 4) is 0 Å². The smallest absolute Gasteiger partial charge is 0.323 e. The van der Waals surface area contributed by atoms with Crippen molar-refractivity contribution in [3.63, 3.8) is 0 Å². The van der Waals surface area contributed by atoms with Crippen molar-refractivity contribution in [2.24, 2.45) is 0 Å². The largest absolute Gasteiger partial charge is 0.480 e. The van der Waals surface area contributed by atoms with Gasteiger partial charge >= 0.3 is 5.97 Å². The van der Waals surface area contributed by atoms with Gasteiger partial charge in [-0.3, -0.25) is 19.3 Å². The van der Waals surface area contributed by atoms with Crippen LogP contribution in [0.5, 0.6) is 0 Å². The van der Waals surface area contributed by atoms with Gasteiger partial charge in [-0.2, -0.15) is 8.42 Å². The second-order valence-corrected chi connectivity index (χ2v) is 8.24. The lowest BCUT2D eigenvalue weighted by Crippen LogP contribution is -2.34. The van der Waals surface area contributed by atoms with Gasteiger partial charge in [-0.1, -0.05) is 6.07 Å². The van der Waals surface area contributed by atoms with Gasteiger partial charge in [-0.15, -0.1) is 11.3 Å². The molecule has 2 heterocycles. The molecule has 11 heteroatoms. The Morgan fingerprint density at radius 2 is 1.93 bits per heavy atom. The second kappa shape index (κ2) is 7.47. The van der Waals surface area contributed by atoms with Gasteiger partial charge in [0.1, 0.15) is 19.0 Å². The van der Waals surface area contributed by atoms with Crippen LogP contribution in [0.25, 0.3) is 0 Å². The van der Waals surface area contributed by atoms with Crippen LogP contribution in [0.1, 0.15) is 25.6 Å². The fraction of sp³-hybridized carbons (Fsp3) is 0.188. The van der Waals surface area contributed by atoms with E-state index in [9.17, 15) is 22.8 Å². The molecule has 1 aliphatic rings. The number of fused-ring (bicyclic) bond motifs is 1. The first kappa shape index (κ1) is 19.0. The lowest BCUT2D eigenvalue weighted by Gasteiger charge is -2.09. The third-order valence-electron chi connectivity index (χ3n) is 3.68. The number of imide groups is 1. The number of nitrogens with one attached hydrogen (secondary N) is 1. The van der Waals surface area contributed by atoms with Crippen molar-refractivity contribution >= 4 is 44.9 Å². The number of hydrogen-bond donors (Lipinski definition) is 2. The van der Waals surface area contributed by atoms with E-state index in [4.69, 9.17) is 9.29 Å². The molecule has 2 aromatic rings. The van der Waals surface area contributed by atoms with Gasteiger partial charge in [0.25, 0.3) is 21.9 Å². The number of carbonyl (C=O) groups is 3. The highest BCUT2D eigenvalue weighted by atomic mass is 32.2. The molecule has 9 nitrogen and oxygen atoms in total. The monoisotopic (exact) mass is 410 g/mol. The van der Waals surface area contributed by atoms with Gasteiger partial charge in [0.05, 0.1) is 11.1 Å². The summed E-state index contributed by atoms with van der Waals surface area (Å²) in [5.74, 6) is -2.94. The van der Waals surface area contributed by atoms with E-state index in [2.05, 4.69) is 5.32 Å². The van der Waals surface area contributed by atoms with Gasteiger partial charge in [-0.05, 0) is 29.6 Å². The SMILES string of the molecule is O=C(O)CN1C(=O)c2ccc(NCOS(=O)(=O)Cc3cccs3)cc2C1=O. The summed E-state index contributed by atoms with van der Waals surface area (Å²) in [5, 5.41) is 13.3. The number of hydrogen-bond acceptors (Lipinski definition) is 8. The summed E-state index contributed by atoms with van der Waals surface area (Å²) in [7, 11) is -3.77. The Hall–Kier alpha value is -2.76. The van der Waals surface area contributed by atoms with Crippen LogP contribution >= 0.6 is 11.3 Å². The summed E-state index contributed by atoms with van der Waals surface area (Å²) >= 11 is 1.30. The average molecular weight is 410 g/mol. The number of aliphatic carboxylic acids is 1. The zero-order chi connectivity index (χ0) is 19.6. The first-order valence-corrected chi connectivity index (χ1v) is 10.1. The van der Waals surface area contributed by atoms with Gasteiger partial charge in [0.2, 0.25) is 0 Å². The number of carboxylic acid groups (broad SMARTS) is 1. The Labute approximate surface area is 158 Å². The normalized spacial score (nSPS) is 13.7. The first-order valence-electron chi connectivity index (χ1n) is 7.62. The van der Waals surface area contributed by atoms with E-state index in [1.54, 1.807) is 17.5 Å². The van der Waals surface area contributed by atoms with Crippen molar-refractivity contribution in [1.82, 2.24) is 4.90 Å². The van der Waals surface area contributed by atoms with E-state index in [0.29, 0.717) is 15.5 Å². The van der Waals surface area contributed by atoms with Crippen LogP contribution in [0.3, 0.4) is 0 Å². The number of amides is 2. The van der Waals surface area contributed by atoms with E-state index in [0.717, 1.165) is 0 Å². The van der Waals surface area contributed by atoms with E-state index in [1.807, 2.05) is 0 Å². The number of anilines is 1. The van der Waals surface area contributed by atoms with Gasteiger partial charge in [0.15, 0.2) is 0 Å². The van der Waals surface area contributed by atoms with Gasteiger partial charge in [-0.25, -0.2) is 4.18 Å². The molecule has 0 atom stereocenters. The Morgan fingerprint density at radius 3 is 2.59 bits per heavy atom. The fourth-order valence-corrected chi connectivity index (χ4v) is 4.45. The number of benzene rings is 1. The van der Waals surface area contributed by atoms with Gasteiger partial charge in [0, 0.05) is 10.6 Å². The summed E-state index contributed by atoms with van der Waals surface area (Å²) in [4.78, 5) is 36.3. The molecule has 0 unspecified atom stereocenters. The molecule has 0 spiro atoms. The molecule has 2 amide bonds. The van der Waals surface area contributed by atoms with Crippen molar-refractivity contribution in [1.29, 1.82) is 0 Å². The first-order chi connectivity index (χ1) is 12.8. The third kappa shape index (κ3) is 4.32. The van der Waals surface area contributed by atoms with Crippen LogP contribution in [0.15, 0.2) is 35.7 Å². The molecule has 0 aliphatic carbocycles. The van der Waals surface area contributed by atoms with Gasteiger partial charge < -0.3 is 10.4 Å². The maximum Gasteiger partial charge on any atom is 0.323 e. The number of carbonyl (C=O) groups excluding carboxylic acids is 2. The highest BCUT2D eigenvalue weighted by molar-refractivity contribution is 7.86. The van der Waals surface area contributed by atoms with Crippen molar-refractivity contribution < 1.29 is 32.1 Å². The zero-order valence-corrected chi connectivity index (χ0v) is 15.4. The molecule has 0 radical (unpaired) electrons. The Balaban J connectivity index is 1.63. The van der Waals surface area contributed by atoms with Crippen LogP contribution in [-0.4, -0.2) is 49.5 Å².